The topological polar surface area (TPSA) is 75.4 Å². The number of oxazole rings is 1. The number of hydrogen-bond acceptors (Lipinski definition) is 4. The first-order chi connectivity index (χ1) is 7.17. The highest BCUT2D eigenvalue weighted by atomic mass is 16.4. The number of carboxylic acid groups (broad SMARTS) is 1. The molecule has 0 aliphatic heterocycles. The van der Waals surface area contributed by atoms with Crippen molar-refractivity contribution in [2.45, 2.75) is 25.8 Å². The van der Waals surface area contributed by atoms with Gasteiger partial charge in [0.15, 0.2) is 5.69 Å². The van der Waals surface area contributed by atoms with E-state index in [0.717, 1.165) is 19.1 Å². The maximum Gasteiger partial charge on any atom is 0.357 e. The van der Waals surface area contributed by atoms with Crippen LogP contribution < -0.4 is 5.32 Å². The quantitative estimate of drug-likeness (QED) is 0.718. The van der Waals surface area contributed by atoms with E-state index in [1.54, 1.807) is 0 Å². The Labute approximate surface area is 87.5 Å². The van der Waals surface area contributed by atoms with Crippen LogP contribution in [0.4, 0.5) is 6.01 Å². The van der Waals surface area contributed by atoms with Gasteiger partial charge in [-0.3, -0.25) is 0 Å². The summed E-state index contributed by atoms with van der Waals surface area (Å²) in [5.41, 5.74) is -0.134. The zero-order chi connectivity index (χ0) is 11.3. The van der Waals surface area contributed by atoms with Gasteiger partial charge in [-0.25, -0.2) is 4.79 Å². The van der Waals surface area contributed by atoms with Crippen LogP contribution in [-0.4, -0.2) is 22.1 Å². The minimum Gasteiger partial charge on any atom is -0.476 e. The largest absolute Gasteiger partial charge is 0.476 e. The third-order valence-corrected chi connectivity index (χ3v) is 1.80. The summed E-state index contributed by atoms with van der Waals surface area (Å²) in [5.74, 6) is 1.41. The lowest BCUT2D eigenvalue weighted by molar-refractivity contribution is 0.0690. The molecule has 1 aromatic rings. The van der Waals surface area contributed by atoms with Crippen molar-refractivity contribution in [3.05, 3.63) is 12.0 Å². The second-order valence-electron chi connectivity index (χ2n) is 3.00. The first-order valence-electron chi connectivity index (χ1n) is 4.58. The highest BCUT2D eigenvalue weighted by Gasteiger charge is 2.12. The average Bonchev–Trinajstić information content (AvgIpc) is 2.65. The molecule has 5 nitrogen and oxygen atoms in total. The fraction of sp³-hybridized carbons (Fsp3) is 0.400. The second kappa shape index (κ2) is 5.05. The van der Waals surface area contributed by atoms with E-state index >= 15 is 0 Å². The molecular formula is C10H12N2O3. The van der Waals surface area contributed by atoms with Crippen LogP contribution in [0.25, 0.3) is 0 Å². The molecule has 0 saturated carbocycles. The van der Waals surface area contributed by atoms with E-state index in [9.17, 15) is 4.79 Å². The van der Waals surface area contributed by atoms with E-state index in [4.69, 9.17) is 15.9 Å². The van der Waals surface area contributed by atoms with Crippen molar-refractivity contribution in [2.24, 2.45) is 0 Å². The summed E-state index contributed by atoms with van der Waals surface area (Å²) < 4.78 is 4.91. The highest BCUT2D eigenvalue weighted by Crippen LogP contribution is 2.10. The van der Waals surface area contributed by atoms with E-state index in [-0.39, 0.29) is 17.8 Å². The number of rotatable bonds is 5. The Morgan fingerprint density at radius 2 is 2.60 bits per heavy atom. The number of carbonyl (C=O) groups is 1. The molecule has 0 fully saturated rings. The Morgan fingerprint density at radius 1 is 1.87 bits per heavy atom. The number of aromatic nitrogens is 1. The number of hydrogen-bond donors (Lipinski definition) is 2. The summed E-state index contributed by atoms with van der Waals surface area (Å²) in [5, 5.41) is 11.4. The van der Waals surface area contributed by atoms with Crippen LogP contribution in [0.5, 0.6) is 0 Å². The molecule has 0 aliphatic carbocycles. The summed E-state index contributed by atoms with van der Waals surface area (Å²) in [6.45, 7) is 2.00. The standard InChI is InChI=1S/C10H12N2O3/c1-3-5-7(4-2)11-10-12-8(6-15-10)9(13)14/h2,6-7H,3,5H2,1H3,(H,11,12)(H,13,14). The number of carboxylic acids is 1. The van der Waals surface area contributed by atoms with Crippen molar-refractivity contribution in [1.82, 2.24) is 4.98 Å². The molecule has 0 aliphatic rings. The molecule has 1 heterocycles. The molecule has 0 amide bonds. The molecule has 2 N–H and O–H groups in total. The summed E-state index contributed by atoms with van der Waals surface area (Å²) >= 11 is 0. The molecule has 0 spiro atoms. The van der Waals surface area contributed by atoms with E-state index < -0.39 is 5.97 Å². The Kier molecular flexibility index (Phi) is 3.75. The molecule has 15 heavy (non-hydrogen) atoms. The van der Waals surface area contributed by atoms with Gasteiger partial charge in [0.2, 0.25) is 0 Å². The highest BCUT2D eigenvalue weighted by molar-refractivity contribution is 5.85. The minimum absolute atomic E-state index is 0.134. The van der Waals surface area contributed by atoms with Gasteiger partial charge in [0.05, 0.1) is 6.04 Å². The zero-order valence-corrected chi connectivity index (χ0v) is 8.36. The fourth-order valence-corrected chi connectivity index (χ4v) is 1.07. The van der Waals surface area contributed by atoms with Gasteiger partial charge < -0.3 is 14.8 Å². The van der Waals surface area contributed by atoms with Crippen LogP contribution in [-0.2, 0) is 0 Å². The number of nitrogens with zero attached hydrogens (tertiary/aromatic N) is 1. The SMILES string of the molecule is C#CC(CCC)Nc1nc(C(=O)O)co1. The smallest absolute Gasteiger partial charge is 0.357 e. The van der Waals surface area contributed by atoms with E-state index in [0.29, 0.717) is 0 Å². The van der Waals surface area contributed by atoms with Crippen LogP contribution in [0.15, 0.2) is 10.7 Å². The molecule has 0 aromatic carbocycles. The molecule has 1 unspecified atom stereocenters. The monoisotopic (exact) mass is 208 g/mol. The van der Waals surface area contributed by atoms with Crippen molar-refractivity contribution >= 4 is 12.0 Å². The minimum atomic E-state index is -1.13. The molecule has 5 heteroatoms. The summed E-state index contributed by atoms with van der Waals surface area (Å²) in [6.07, 6.45) is 8.05. The third-order valence-electron chi connectivity index (χ3n) is 1.80. The Bertz CT molecular complexity index is 378. The Hall–Kier alpha value is -1.96. The van der Waals surface area contributed by atoms with Gasteiger partial charge in [0.1, 0.15) is 6.26 Å². The van der Waals surface area contributed by atoms with Gasteiger partial charge in [0, 0.05) is 0 Å². The molecule has 1 rings (SSSR count). The van der Waals surface area contributed by atoms with Crippen LogP contribution in [0.2, 0.25) is 0 Å². The second-order valence-corrected chi connectivity index (χ2v) is 3.00. The molecule has 0 radical (unpaired) electrons. The molecule has 0 saturated heterocycles. The van der Waals surface area contributed by atoms with Crippen molar-refractivity contribution in [3.8, 4) is 12.3 Å². The van der Waals surface area contributed by atoms with E-state index in [1.165, 1.54) is 0 Å². The summed E-state index contributed by atoms with van der Waals surface area (Å²) in [4.78, 5) is 14.2. The van der Waals surface area contributed by atoms with Gasteiger partial charge in [-0.1, -0.05) is 19.3 Å². The van der Waals surface area contributed by atoms with Gasteiger partial charge in [-0.05, 0) is 6.42 Å². The van der Waals surface area contributed by atoms with E-state index in [1.807, 2.05) is 6.92 Å². The van der Waals surface area contributed by atoms with Crippen LogP contribution >= 0.6 is 0 Å². The molecule has 80 valence electrons. The maximum atomic E-state index is 10.5. The van der Waals surface area contributed by atoms with Gasteiger partial charge in [-0.2, -0.15) is 4.98 Å². The number of nitrogens with one attached hydrogen (secondary N) is 1. The van der Waals surface area contributed by atoms with Crippen LogP contribution in [0.3, 0.4) is 0 Å². The molecular weight excluding hydrogens is 196 g/mol. The lowest BCUT2D eigenvalue weighted by Gasteiger charge is -2.08. The summed E-state index contributed by atoms with van der Waals surface area (Å²) in [7, 11) is 0. The Morgan fingerprint density at radius 3 is 3.07 bits per heavy atom. The molecule has 1 aromatic heterocycles. The average molecular weight is 208 g/mol. The maximum absolute atomic E-state index is 10.5. The van der Waals surface area contributed by atoms with Crippen molar-refractivity contribution < 1.29 is 14.3 Å². The predicted octanol–water partition coefficient (Wildman–Crippen LogP) is 1.59. The van der Waals surface area contributed by atoms with Crippen molar-refractivity contribution in [3.63, 3.8) is 0 Å². The van der Waals surface area contributed by atoms with Crippen molar-refractivity contribution in [1.29, 1.82) is 0 Å². The van der Waals surface area contributed by atoms with Gasteiger partial charge >= 0.3 is 5.97 Å². The number of terminal acetylenes is 1. The number of aromatic carboxylic acids is 1. The zero-order valence-electron chi connectivity index (χ0n) is 8.36. The fourth-order valence-electron chi connectivity index (χ4n) is 1.07. The summed E-state index contributed by atoms with van der Waals surface area (Å²) in [6, 6.07) is -0.0425. The van der Waals surface area contributed by atoms with Crippen LogP contribution in [0, 0.1) is 12.3 Å². The van der Waals surface area contributed by atoms with Gasteiger partial charge in [-0.15, -0.1) is 6.42 Å². The lowest BCUT2D eigenvalue weighted by Crippen LogP contribution is -2.17. The van der Waals surface area contributed by atoms with Crippen LogP contribution in [0.1, 0.15) is 30.3 Å². The molecule has 0 bridgehead atoms. The number of anilines is 1. The Balaban J connectivity index is 2.64. The van der Waals surface area contributed by atoms with Gasteiger partial charge in [0.25, 0.3) is 6.01 Å². The first kappa shape index (κ1) is 11.1. The predicted molar refractivity (Wildman–Crippen MR) is 54.6 cm³/mol. The first-order valence-corrected chi connectivity index (χ1v) is 4.58. The van der Waals surface area contributed by atoms with E-state index in [2.05, 4.69) is 16.2 Å². The molecule has 1 atom stereocenters. The lowest BCUT2D eigenvalue weighted by atomic mass is 10.2. The normalized spacial score (nSPS) is 11.7. The van der Waals surface area contributed by atoms with Crippen molar-refractivity contribution in [2.75, 3.05) is 5.32 Å². The third kappa shape index (κ3) is 3.02.